The van der Waals surface area contributed by atoms with Crippen LogP contribution in [0.25, 0.3) is 33.6 Å². The maximum absolute atomic E-state index is 13.4. The van der Waals surface area contributed by atoms with Gasteiger partial charge in [0.05, 0.1) is 10.9 Å². The summed E-state index contributed by atoms with van der Waals surface area (Å²) < 4.78 is 19.3. The van der Waals surface area contributed by atoms with Crippen molar-refractivity contribution in [3.05, 3.63) is 76.7 Å². The Kier molecular flexibility index (Phi) is 6.15. The van der Waals surface area contributed by atoms with E-state index < -0.39 is 5.82 Å². The van der Waals surface area contributed by atoms with Gasteiger partial charge < -0.3 is 15.1 Å². The number of fused-ring (bicyclic) bond motifs is 1. The Morgan fingerprint density at radius 3 is 2.35 bits per heavy atom. The Morgan fingerprint density at radius 1 is 1.00 bits per heavy atom. The van der Waals surface area contributed by atoms with E-state index in [0.717, 1.165) is 0 Å². The molecule has 2 aromatic heterocycles. The van der Waals surface area contributed by atoms with Gasteiger partial charge in [0.25, 0.3) is 11.8 Å². The summed E-state index contributed by atoms with van der Waals surface area (Å²) in [5.74, 6) is -0.743. The fraction of sp³-hybridized carbons (Fsp3) is 0.192. The van der Waals surface area contributed by atoms with E-state index in [1.807, 2.05) is 26.8 Å². The molecule has 0 spiro atoms. The third kappa shape index (κ3) is 4.65. The van der Waals surface area contributed by atoms with Gasteiger partial charge in [0.15, 0.2) is 0 Å². The Labute approximate surface area is 201 Å². The number of hydrogen-bond acceptors (Lipinski definition) is 4. The molecule has 0 saturated heterocycles. The van der Waals surface area contributed by atoms with Crippen molar-refractivity contribution >= 4 is 34.5 Å². The highest BCUT2D eigenvalue weighted by molar-refractivity contribution is 6.32. The van der Waals surface area contributed by atoms with Gasteiger partial charge in [-0.1, -0.05) is 23.7 Å². The minimum Gasteiger partial charge on any atom is -0.437 e. The third-order valence-corrected chi connectivity index (χ3v) is 5.41. The molecule has 2 heterocycles. The minimum atomic E-state index is -0.403. The summed E-state index contributed by atoms with van der Waals surface area (Å²) in [6.07, 6.45) is 0. The summed E-state index contributed by atoms with van der Waals surface area (Å²) in [5.41, 5.74) is 2.24. The summed E-state index contributed by atoms with van der Waals surface area (Å²) in [5, 5.41) is 6.15. The zero-order valence-corrected chi connectivity index (χ0v) is 19.9. The molecule has 34 heavy (non-hydrogen) atoms. The number of rotatable bonds is 4. The first kappa shape index (κ1) is 23.4. The maximum Gasteiger partial charge on any atom is 0.255 e. The van der Waals surface area contributed by atoms with Crippen molar-refractivity contribution in [3.63, 3.8) is 0 Å². The summed E-state index contributed by atoms with van der Waals surface area (Å²) in [6.45, 7) is 5.71. The SMILES string of the molecule is CNC(=O)c1c(-c2ccc(F)cc2)oc2nc(Cl)c(-c3cccc(C(=O)NC(C)(C)C)c3)cc12. The van der Waals surface area contributed by atoms with Crippen molar-refractivity contribution in [1.82, 2.24) is 15.6 Å². The van der Waals surface area contributed by atoms with Gasteiger partial charge in [-0.15, -0.1) is 0 Å². The summed E-state index contributed by atoms with van der Waals surface area (Å²) in [4.78, 5) is 29.8. The molecule has 174 valence electrons. The Hall–Kier alpha value is -3.71. The predicted octanol–water partition coefficient (Wildman–Crippen LogP) is 5.84. The molecule has 0 fully saturated rings. The molecule has 4 rings (SSSR count). The quantitative estimate of drug-likeness (QED) is 0.360. The molecule has 0 aliphatic carbocycles. The lowest BCUT2D eigenvalue weighted by Gasteiger charge is -2.20. The van der Waals surface area contributed by atoms with E-state index in [1.165, 1.54) is 31.3 Å². The molecule has 2 amide bonds. The second-order valence-corrected chi connectivity index (χ2v) is 9.21. The van der Waals surface area contributed by atoms with Crippen LogP contribution in [0, 0.1) is 5.82 Å². The Bertz CT molecular complexity index is 1410. The van der Waals surface area contributed by atoms with Crippen LogP contribution in [-0.2, 0) is 0 Å². The standard InChI is InChI=1S/C26H23ClFN3O3/c1-26(2,3)31-23(32)16-7-5-6-15(12-16)18-13-19-20(24(33)29-4)21(34-25(19)30-22(18)27)14-8-10-17(28)11-9-14/h5-13H,1-4H3,(H,29,33)(H,31,32). The molecule has 0 radical (unpaired) electrons. The first-order chi connectivity index (χ1) is 16.1. The van der Waals surface area contributed by atoms with Crippen LogP contribution in [0.3, 0.4) is 0 Å². The van der Waals surface area contributed by atoms with Crippen LogP contribution >= 0.6 is 11.6 Å². The zero-order chi connectivity index (χ0) is 24.6. The highest BCUT2D eigenvalue weighted by atomic mass is 35.5. The van der Waals surface area contributed by atoms with Crippen LogP contribution in [-0.4, -0.2) is 29.4 Å². The average molecular weight is 480 g/mol. The number of furan rings is 1. The summed E-state index contributed by atoms with van der Waals surface area (Å²) >= 11 is 6.50. The number of nitrogens with zero attached hydrogens (tertiary/aromatic N) is 1. The summed E-state index contributed by atoms with van der Waals surface area (Å²) in [7, 11) is 1.51. The van der Waals surface area contributed by atoms with Crippen molar-refractivity contribution in [3.8, 4) is 22.5 Å². The van der Waals surface area contributed by atoms with Crippen molar-refractivity contribution < 1.29 is 18.4 Å². The Morgan fingerprint density at radius 2 is 1.71 bits per heavy atom. The monoisotopic (exact) mass is 479 g/mol. The molecule has 0 unspecified atom stereocenters. The third-order valence-electron chi connectivity index (χ3n) is 5.12. The van der Waals surface area contributed by atoms with Gasteiger partial charge in [-0.05, 0) is 68.8 Å². The molecule has 0 saturated carbocycles. The number of carbonyl (C=O) groups excluding carboxylic acids is 2. The van der Waals surface area contributed by atoms with Gasteiger partial charge in [0.2, 0.25) is 5.71 Å². The average Bonchev–Trinajstić information content (AvgIpc) is 3.15. The van der Waals surface area contributed by atoms with Crippen LogP contribution in [0.15, 0.2) is 59.0 Å². The van der Waals surface area contributed by atoms with E-state index in [9.17, 15) is 14.0 Å². The fourth-order valence-electron chi connectivity index (χ4n) is 3.60. The Balaban J connectivity index is 1.87. The topological polar surface area (TPSA) is 84.2 Å². The molecule has 6 nitrogen and oxygen atoms in total. The molecule has 8 heteroatoms. The number of nitrogens with one attached hydrogen (secondary N) is 2. The second-order valence-electron chi connectivity index (χ2n) is 8.86. The second kappa shape index (κ2) is 8.91. The lowest BCUT2D eigenvalue weighted by Crippen LogP contribution is -2.40. The zero-order valence-electron chi connectivity index (χ0n) is 19.1. The normalized spacial score (nSPS) is 11.5. The molecule has 0 bridgehead atoms. The van der Waals surface area contributed by atoms with Crippen molar-refractivity contribution in [2.45, 2.75) is 26.3 Å². The van der Waals surface area contributed by atoms with Crippen LogP contribution in [0.1, 0.15) is 41.5 Å². The number of benzene rings is 2. The highest BCUT2D eigenvalue weighted by Crippen LogP contribution is 2.37. The number of amides is 2. The van der Waals surface area contributed by atoms with E-state index in [2.05, 4.69) is 15.6 Å². The molecule has 0 aliphatic heterocycles. The number of halogens is 2. The van der Waals surface area contributed by atoms with Gasteiger partial charge in [0.1, 0.15) is 16.7 Å². The van der Waals surface area contributed by atoms with Crippen LogP contribution in [0.4, 0.5) is 4.39 Å². The number of pyridine rings is 1. The molecule has 0 aliphatic rings. The molecular weight excluding hydrogens is 457 g/mol. The van der Waals surface area contributed by atoms with Crippen molar-refractivity contribution in [1.29, 1.82) is 0 Å². The van der Waals surface area contributed by atoms with Gasteiger partial charge in [-0.2, -0.15) is 0 Å². The first-order valence-electron chi connectivity index (χ1n) is 10.6. The largest absolute Gasteiger partial charge is 0.437 e. The van der Waals surface area contributed by atoms with E-state index in [1.54, 1.807) is 24.3 Å². The van der Waals surface area contributed by atoms with Crippen LogP contribution in [0.5, 0.6) is 0 Å². The lowest BCUT2D eigenvalue weighted by atomic mass is 10.0. The van der Waals surface area contributed by atoms with E-state index in [4.69, 9.17) is 16.0 Å². The fourth-order valence-corrected chi connectivity index (χ4v) is 3.84. The lowest BCUT2D eigenvalue weighted by molar-refractivity contribution is 0.0918. The molecule has 4 aromatic rings. The minimum absolute atomic E-state index is 0.156. The van der Waals surface area contributed by atoms with Gasteiger partial charge in [-0.25, -0.2) is 9.37 Å². The maximum atomic E-state index is 13.4. The van der Waals surface area contributed by atoms with Crippen molar-refractivity contribution in [2.24, 2.45) is 0 Å². The number of aromatic nitrogens is 1. The molecule has 2 N–H and O–H groups in total. The molecule has 0 atom stereocenters. The van der Waals surface area contributed by atoms with Gasteiger partial charge in [0, 0.05) is 29.3 Å². The molecular formula is C26H23ClFN3O3. The van der Waals surface area contributed by atoms with Gasteiger partial charge >= 0.3 is 0 Å². The smallest absolute Gasteiger partial charge is 0.255 e. The summed E-state index contributed by atoms with van der Waals surface area (Å²) in [6, 6.07) is 14.3. The van der Waals surface area contributed by atoms with Crippen LogP contribution < -0.4 is 10.6 Å². The number of hydrogen-bond donors (Lipinski definition) is 2. The van der Waals surface area contributed by atoms with Gasteiger partial charge in [-0.3, -0.25) is 9.59 Å². The highest BCUT2D eigenvalue weighted by Gasteiger charge is 2.24. The van der Waals surface area contributed by atoms with E-state index >= 15 is 0 Å². The molecule has 2 aromatic carbocycles. The van der Waals surface area contributed by atoms with Crippen molar-refractivity contribution in [2.75, 3.05) is 7.05 Å². The number of carbonyl (C=O) groups is 2. The van der Waals surface area contributed by atoms with E-state index in [0.29, 0.717) is 27.6 Å². The first-order valence-corrected chi connectivity index (χ1v) is 11.0. The predicted molar refractivity (Wildman–Crippen MR) is 130 cm³/mol. The van der Waals surface area contributed by atoms with Crippen LogP contribution in [0.2, 0.25) is 5.15 Å². The van der Waals surface area contributed by atoms with E-state index in [-0.39, 0.29) is 39.5 Å².